The van der Waals surface area contributed by atoms with Crippen molar-refractivity contribution in [2.45, 2.75) is 24.6 Å². The number of alkyl halides is 1. The third-order valence-corrected chi connectivity index (χ3v) is 4.69. The van der Waals surface area contributed by atoms with Gasteiger partial charge in [0, 0.05) is 10.0 Å². The van der Waals surface area contributed by atoms with Crippen molar-refractivity contribution >= 4 is 39.1 Å². The van der Waals surface area contributed by atoms with Crippen LogP contribution in [0.15, 0.2) is 16.6 Å². The van der Waals surface area contributed by atoms with Crippen LogP contribution in [-0.2, 0) is 0 Å². The normalized spacial score (nSPS) is 18.7. The Labute approximate surface area is 107 Å². The molecule has 2 rings (SSSR count). The van der Waals surface area contributed by atoms with Gasteiger partial charge in [-0.1, -0.05) is 18.0 Å². The fourth-order valence-corrected chi connectivity index (χ4v) is 2.64. The van der Waals surface area contributed by atoms with Crippen molar-refractivity contribution in [3.8, 4) is 0 Å². The summed E-state index contributed by atoms with van der Waals surface area (Å²) in [5.74, 6) is 0.122. The van der Waals surface area contributed by atoms with Crippen LogP contribution in [0.3, 0.4) is 0 Å². The Hall–Kier alpha value is 0.210. The molecule has 0 aliphatic heterocycles. The van der Waals surface area contributed by atoms with Crippen LogP contribution >= 0.6 is 39.1 Å². The number of hydrogen-bond acceptors (Lipinski definition) is 0. The van der Waals surface area contributed by atoms with Gasteiger partial charge in [0.2, 0.25) is 0 Å². The minimum Gasteiger partial charge on any atom is -0.207 e. The standard InChI is InChI=1S/C11H10BrCl2F/c12-8-5-10(15)7(4-9(8)13)11(14)6-2-1-3-6/h4-6,11H,1-3H2. The largest absolute Gasteiger partial charge is 0.207 e. The molecule has 4 heteroatoms. The molecular weight excluding hydrogens is 302 g/mol. The van der Waals surface area contributed by atoms with Crippen LogP contribution in [0.4, 0.5) is 4.39 Å². The second-order valence-corrected chi connectivity index (χ2v) is 5.61. The monoisotopic (exact) mass is 310 g/mol. The first-order valence-electron chi connectivity index (χ1n) is 4.88. The van der Waals surface area contributed by atoms with Gasteiger partial charge in [-0.25, -0.2) is 4.39 Å². The van der Waals surface area contributed by atoms with Gasteiger partial charge >= 0.3 is 0 Å². The Balaban J connectivity index is 2.30. The summed E-state index contributed by atoms with van der Waals surface area (Å²) in [6.45, 7) is 0. The molecule has 0 saturated heterocycles. The van der Waals surface area contributed by atoms with Crippen molar-refractivity contribution in [3.63, 3.8) is 0 Å². The third-order valence-electron chi connectivity index (χ3n) is 2.90. The van der Waals surface area contributed by atoms with E-state index in [4.69, 9.17) is 23.2 Å². The lowest BCUT2D eigenvalue weighted by Gasteiger charge is -2.30. The molecule has 0 spiro atoms. The van der Waals surface area contributed by atoms with E-state index < -0.39 is 0 Å². The van der Waals surface area contributed by atoms with E-state index in [-0.39, 0.29) is 11.2 Å². The highest BCUT2D eigenvalue weighted by Crippen LogP contribution is 2.43. The molecule has 0 radical (unpaired) electrons. The minimum absolute atomic E-state index is 0.246. The molecule has 1 saturated carbocycles. The van der Waals surface area contributed by atoms with E-state index in [1.807, 2.05) is 0 Å². The molecule has 82 valence electrons. The molecule has 1 aliphatic rings. The highest BCUT2D eigenvalue weighted by Gasteiger charge is 2.29. The molecular formula is C11H10BrCl2F. The molecule has 0 amide bonds. The summed E-state index contributed by atoms with van der Waals surface area (Å²) in [6.07, 6.45) is 3.36. The number of benzene rings is 1. The molecule has 1 aromatic rings. The van der Waals surface area contributed by atoms with E-state index in [0.717, 1.165) is 12.8 Å². The van der Waals surface area contributed by atoms with Gasteiger partial charge in [0.15, 0.2) is 0 Å². The SMILES string of the molecule is Fc1cc(Br)c(Cl)cc1C(Cl)C1CCC1. The Bertz CT molecular complexity index is 377. The zero-order valence-corrected chi connectivity index (χ0v) is 11.0. The third kappa shape index (κ3) is 2.32. The molecule has 0 aromatic heterocycles. The summed E-state index contributed by atoms with van der Waals surface area (Å²) < 4.78 is 14.2. The van der Waals surface area contributed by atoms with Crippen LogP contribution < -0.4 is 0 Å². The fourth-order valence-electron chi connectivity index (χ4n) is 1.74. The van der Waals surface area contributed by atoms with E-state index >= 15 is 0 Å². The van der Waals surface area contributed by atoms with Gasteiger partial charge < -0.3 is 0 Å². The van der Waals surface area contributed by atoms with E-state index in [9.17, 15) is 4.39 Å². The molecule has 1 fully saturated rings. The molecule has 0 bridgehead atoms. The van der Waals surface area contributed by atoms with Crippen LogP contribution in [0.5, 0.6) is 0 Å². The second kappa shape index (κ2) is 4.60. The molecule has 1 unspecified atom stereocenters. The van der Waals surface area contributed by atoms with Gasteiger partial charge in [-0.2, -0.15) is 0 Å². The Kier molecular flexibility index (Phi) is 3.59. The summed E-state index contributed by atoms with van der Waals surface area (Å²) in [5, 5.41) is 0.265. The highest BCUT2D eigenvalue weighted by molar-refractivity contribution is 9.10. The summed E-state index contributed by atoms with van der Waals surface area (Å²) in [5.41, 5.74) is 0.523. The van der Waals surface area contributed by atoms with E-state index in [1.165, 1.54) is 12.5 Å². The molecule has 15 heavy (non-hydrogen) atoms. The lowest BCUT2D eigenvalue weighted by atomic mass is 9.80. The van der Waals surface area contributed by atoms with Crippen molar-refractivity contribution in [3.05, 3.63) is 33.0 Å². The first kappa shape index (κ1) is 11.7. The Morgan fingerprint density at radius 3 is 2.60 bits per heavy atom. The quantitative estimate of drug-likeness (QED) is 0.512. The fraction of sp³-hybridized carbons (Fsp3) is 0.455. The van der Waals surface area contributed by atoms with Crippen LogP contribution in [0, 0.1) is 11.7 Å². The molecule has 0 heterocycles. The maximum atomic E-state index is 13.6. The van der Waals surface area contributed by atoms with Gasteiger partial charge in [-0.05, 0) is 46.8 Å². The summed E-state index contributed by atoms with van der Waals surface area (Å²) >= 11 is 15.3. The lowest BCUT2D eigenvalue weighted by molar-refractivity contribution is 0.302. The molecule has 1 atom stereocenters. The predicted molar refractivity (Wildman–Crippen MR) is 65.0 cm³/mol. The minimum atomic E-state index is -0.279. The summed E-state index contributed by atoms with van der Waals surface area (Å²) in [4.78, 5) is 0. The first-order chi connectivity index (χ1) is 7.09. The summed E-state index contributed by atoms with van der Waals surface area (Å²) in [7, 11) is 0. The Morgan fingerprint density at radius 1 is 1.40 bits per heavy atom. The van der Waals surface area contributed by atoms with Gasteiger partial charge in [0.1, 0.15) is 5.82 Å². The van der Waals surface area contributed by atoms with Gasteiger partial charge in [0.25, 0.3) is 0 Å². The average molecular weight is 312 g/mol. The Morgan fingerprint density at radius 2 is 2.07 bits per heavy atom. The van der Waals surface area contributed by atoms with E-state index in [0.29, 0.717) is 21.0 Å². The van der Waals surface area contributed by atoms with Crippen molar-refractivity contribution in [1.29, 1.82) is 0 Å². The maximum absolute atomic E-state index is 13.6. The number of hydrogen-bond donors (Lipinski definition) is 0. The van der Waals surface area contributed by atoms with Crippen LogP contribution in [-0.4, -0.2) is 0 Å². The van der Waals surface area contributed by atoms with E-state index in [1.54, 1.807) is 6.07 Å². The van der Waals surface area contributed by atoms with Crippen molar-refractivity contribution in [2.24, 2.45) is 5.92 Å². The van der Waals surface area contributed by atoms with Gasteiger partial charge in [-0.3, -0.25) is 0 Å². The topological polar surface area (TPSA) is 0 Å². The zero-order valence-electron chi connectivity index (χ0n) is 7.94. The number of halogens is 4. The van der Waals surface area contributed by atoms with Crippen molar-refractivity contribution in [1.82, 2.24) is 0 Å². The first-order valence-corrected chi connectivity index (χ1v) is 6.49. The molecule has 0 N–H and O–H groups in total. The van der Waals surface area contributed by atoms with Crippen LogP contribution in [0.25, 0.3) is 0 Å². The zero-order chi connectivity index (χ0) is 11.0. The van der Waals surface area contributed by atoms with Crippen molar-refractivity contribution in [2.75, 3.05) is 0 Å². The van der Waals surface area contributed by atoms with Gasteiger partial charge in [0.05, 0.1) is 10.4 Å². The highest BCUT2D eigenvalue weighted by atomic mass is 79.9. The maximum Gasteiger partial charge on any atom is 0.129 e. The lowest BCUT2D eigenvalue weighted by Crippen LogP contribution is -2.17. The smallest absolute Gasteiger partial charge is 0.129 e. The van der Waals surface area contributed by atoms with Crippen LogP contribution in [0.2, 0.25) is 5.02 Å². The molecule has 1 aliphatic carbocycles. The molecule has 0 nitrogen and oxygen atoms in total. The number of rotatable bonds is 2. The van der Waals surface area contributed by atoms with Crippen LogP contribution in [0.1, 0.15) is 30.2 Å². The predicted octanol–water partition coefficient (Wildman–Crippen LogP) is 5.32. The van der Waals surface area contributed by atoms with Gasteiger partial charge in [-0.15, -0.1) is 11.6 Å². The average Bonchev–Trinajstić information content (AvgIpc) is 2.08. The van der Waals surface area contributed by atoms with E-state index in [2.05, 4.69) is 15.9 Å². The summed E-state index contributed by atoms with van der Waals surface area (Å²) in [6, 6.07) is 3.00. The molecule has 1 aromatic carbocycles. The second-order valence-electron chi connectivity index (χ2n) is 3.88. The van der Waals surface area contributed by atoms with Crippen molar-refractivity contribution < 1.29 is 4.39 Å².